The van der Waals surface area contributed by atoms with E-state index in [0.29, 0.717) is 12.4 Å². The average Bonchev–Trinajstić information content (AvgIpc) is 2.76. The van der Waals surface area contributed by atoms with Gasteiger partial charge >= 0.3 is 0 Å². The van der Waals surface area contributed by atoms with E-state index >= 15 is 0 Å². The maximum atomic E-state index is 5.84. The number of rotatable bonds is 3. The second kappa shape index (κ2) is 4.30. The second-order valence-electron chi connectivity index (χ2n) is 3.29. The van der Waals surface area contributed by atoms with Crippen LogP contribution in [0.25, 0.3) is 0 Å². The van der Waals surface area contributed by atoms with Crippen LogP contribution in [0, 0.1) is 0 Å². The second-order valence-corrected chi connectivity index (χ2v) is 5.09. The molecular formula is C9H11ClN4S. The zero-order chi connectivity index (χ0) is 10.8. The Morgan fingerprint density at radius 1 is 1.60 bits per heavy atom. The van der Waals surface area contributed by atoms with Crippen LogP contribution in [0.1, 0.15) is 23.7 Å². The molecule has 0 saturated heterocycles. The van der Waals surface area contributed by atoms with Gasteiger partial charge in [-0.2, -0.15) is 5.10 Å². The number of nitrogens with zero attached hydrogens (tertiary/aromatic N) is 3. The van der Waals surface area contributed by atoms with Crippen LogP contribution in [0.4, 0.5) is 0 Å². The third kappa shape index (κ3) is 2.56. The molecule has 0 saturated carbocycles. The van der Waals surface area contributed by atoms with E-state index in [1.165, 1.54) is 0 Å². The van der Waals surface area contributed by atoms with Gasteiger partial charge < -0.3 is 5.73 Å². The third-order valence-electron chi connectivity index (χ3n) is 1.91. The van der Waals surface area contributed by atoms with E-state index < -0.39 is 0 Å². The van der Waals surface area contributed by atoms with E-state index in [9.17, 15) is 0 Å². The van der Waals surface area contributed by atoms with Crippen LogP contribution in [0.2, 0.25) is 4.34 Å². The Kier molecular flexibility index (Phi) is 3.04. The van der Waals surface area contributed by atoms with Crippen molar-refractivity contribution in [2.45, 2.75) is 19.5 Å². The fraction of sp³-hybridized carbons (Fsp3) is 0.333. The average molecular weight is 243 g/mol. The number of nitrogens with two attached hydrogens (primary N) is 1. The van der Waals surface area contributed by atoms with Crippen molar-refractivity contribution in [2.24, 2.45) is 5.73 Å². The highest BCUT2D eigenvalue weighted by Crippen LogP contribution is 2.21. The summed E-state index contributed by atoms with van der Waals surface area (Å²) in [6, 6.07) is 3.74. The number of aromatic nitrogens is 3. The molecule has 2 N–H and O–H groups in total. The Morgan fingerprint density at radius 3 is 2.93 bits per heavy atom. The zero-order valence-electron chi connectivity index (χ0n) is 8.22. The summed E-state index contributed by atoms with van der Waals surface area (Å²) in [7, 11) is 0. The highest BCUT2D eigenvalue weighted by Gasteiger charge is 2.06. The molecule has 0 fully saturated rings. The van der Waals surface area contributed by atoms with Crippen molar-refractivity contribution in [3.05, 3.63) is 33.5 Å². The van der Waals surface area contributed by atoms with Gasteiger partial charge in [-0.05, 0) is 19.1 Å². The van der Waals surface area contributed by atoms with Crippen molar-refractivity contribution in [3.8, 4) is 0 Å². The lowest BCUT2D eigenvalue weighted by molar-refractivity contribution is 0.654. The fourth-order valence-corrected chi connectivity index (χ4v) is 2.27. The Balaban J connectivity index is 2.11. The van der Waals surface area contributed by atoms with Crippen LogP contribution in [-0.4, -0.2) is 14.8 Å². The molecule has 0 aliphatic heterocycles. The number of halogens is 1. The lowest BCUT2D eigenvalue weighted by Gasteiger charge is -1.98. The van der Waals surface area contributed by atoms with E-state index in [0.717, 1.165) is 9.21 Å². The SMILES string of the molecule is CC(N)c1ncn(Cc2ccc(Cl)s2)n1. The smallest absolute Gasteiger partial charge is 0.166 e. The summed E-state index contributed by atoms with van der Waals surface area (Å²) in [6.07, 6.45) is 1.69. The summed E-state index contributed by atoms with van der Waals surface area (Å²) in [5, 5.41) is 4.26. The summed E-state index contributed by atoms with van der Waals surface area (Å²) < 4.78 is 2.55. The lowest BCUT2D eigenvalue weighted by atomic mass is 10.3. The van der Waals surface area contributed by atoms with Gasteiger partial charge in [-0.25, -0.2) is 9.67 Å². The molecule has 0 spiro atoms. The predicted molar refractivity (Wildman–Crippen MR) is 61.1 cm³/mol. The molecule has 2 heterocycles. The van der Waals surface area contributed by atoms with Crippen LogP contribution in [0.15, 0.2) is 18.5 Å². The predicted octanol–water partition coefficient (Wildman–Crippen LogP) is 2.06. The zero-order valence-corrected chi connectivity index (χ0v) is 9.79. The van der Waals surface area contributed by atoms with Gasteiger partial charge in [-0.15, -0.1) is 11.3 Å². The largest absolute Gasteiger partial charge is 0.321 e. The standard InChI is InChI=1S/C9H11ClN4S/c1-6(11)9-12-5-14(13-9)4-7-2-3-8(10)15-7/h2-3,5-6H,4,11H2,1H3. The fourth-order valence-electron chi connectivity index (χ4n) is 1.19. The van der Waals surface area contributed by atoms with Crippen molar-refractivity contribution >= 4 is 22.9 Å². The van der Waals surface area contributed by atoms with Crippen molar-refractivity contribution in [1.29, 1.82) is 0 Å². The van der Waals surface area contributed by atoms with Gasteiger partial charge in [0, 0.05) is 4.88 Å². The van der Waals surface area contributed by atoms with Crippen molar-refractivity contribution in [3.63, 3.8) is 0 Å². The minimum Gasteiger partial charge on any atom is -0.321 e. The van der Waals surface area contributed by atoms with Crippen molar-refractivity contribution in [1.82, 2.24) is 14.8 Å². The molecule has 0 radical (unpaired) electrons. The Bertz CT molecular complexity index is 448. The highest BCUT2D eigenvalue weighted by atomic mass is 35.5. The molecule has 80 valence electrons. The topological polar surface area (TPSA) is 56.7 Å². The Labute approximate surface area is 96.7 Å². The summed E-state index contributed by atoms with van der Waals surface area (Å²) in [6.45, 7) is 2.55. The summed E-state index contributed by atoms with van der Waals surface area (Å²) in [5.41, 5.74) is 5.67. The van der Waals surface area contributed by atoms with Gasteiger partial charge in [0.1, 0.15) is 6.33 Å². The molecular weight excluding hydrogens is 232 g/mol. The number of thiophene rings is 1. The first kappa shape index (κ1) is 10.6. The van der Waals surface area contributed by atoms with Crippen LogP contribution in [-0.2, 0) is 6.54 Å². The van der Waals surface area contributed by atoms with Gasteiger partial charge in [0.05, 0.1) is 16.9 Å². The maximum absolute atomic E-state index is 5.84. The highest BCUT2D eigenvalue weighted by molar-refractivity contribution is 7.16. The summed E-state index contributed by atoms with van der Waals surface area (Å²) in [4.78, 5) is 5.27. The molecule has 6 heteroatoms. The molecule has 0 aliphatic rings. The summed E-state index contributed by atoms with van der Waals surface area (Å²) >= 11 is 7.38. The molecule has 1 atom stereocenters. The molecule has 2 aromatic rings. The van der Waals surface area contributed by atoms with E-state index in [2.05, 4.69) is 10.1 Å². The van der Waals surface area contributed by atoms with Crippen molar-refractivity contribution in [2.75, 3.05) is 0 Å². The van der Waals surface area contributed by atoms with E-state index in [-0.39, 0.29) is 6.04 Å². The molecule has 0 amide bonds. The van der Waals surface area contributed by atoms with Gasteiger partial charge in [0.2, 0.25) is 0 Å². The van der Waals surface area contributed by atoms with Crippen LogP contribution >= 0.6 is 22.9 Å². The first-order chi connectivity index (χ1) is 7.15. The maximum Gasteiger partial charge on any atom is 0.166 e. The van der Waals surface area contributed by atoms with Crippen LogP contribution in [0.3, 0.4) is 0 Å². The third-order valence-corrected chi connectivity index (χ3v) is 3.12. The molecule has 0 aliphatic carbocycles. The molecule has 2 rings (SSSR count). The molecule has 2 aromatic heterocycles. The Hall–Kier alpha value is -0.910. The summed E-state index contributed by atoms with van der Waals surface area (Å²) in [5.74, 6) is 0.664. The number of hydrogen-bond acceptors (Lipinski definition) is 4. The first-order valence-electron chi connectivity index (χ1n) is 4.54. The minimum absolute atomic E-state index is 0.127. The van der Waals surface area contributed by atoms with Gasteiger partial charge in [-0.1, -0.05) is 11.6 Å². The quantitative estimate of drug-likeness (QED) is 0.897. The minimum atomic E-state index is -0.127. The molecule has 15 heavy (non-hydrogen) atoms. The molecule has 0 aromatic carbocycles. The van der Waals surface area contributed by atoms with Gasteiger partial charge in [0.25, 0.3) is 0 Å². The van der Waals surface area contributed by atoms with Gasteiger partial charge in [-0.3, -0.25) is 0 Å². The Morgan fingerprint density at radius 2 is 2.40 bits per heavy atom. The monoisotopic (exact) mass is 242 g/mol. The van der Waals surface area contributed by atoms with Crippen LogP contribution in [0.5, 0.6) is 0 Å². The number of hydrogen-bond donors (Lipinski definition) is 1. The van der Waals surface area contributed by atoms with Crippen LogP contribution < -0.4 is 5.73 Å². The first-order valence-corrected chi connectivity index (χ1v) is 5.74. The van der Waals surface area contributed by atoms with E-state index in [1.807, 2.05) is 19.1 Å². The normalized spacial score (nSPS) is 13.0. The van der Waals surface area contributed by atoms with E-state index in [4.69, 9.17) is 17.3 Å². The van der Waals surface area contributed by atoms with Gasteiger partial charge in [0.15, 0.2) is 5.82 Å². The van der Waals surface area contributed by atoms with E-state index in [1.54, 1.807) is 22.3 Å². The van der Waals surface area contributed by atoms with Crippen molar-refractivity contribution < 1.29 is 0 Å². The molecule has 4 nitrogen and oxygen atoms in total. The molecule has 1 unspecified atom stereocenters. The lowest BCUT2D eigenvalue weighted by Crippen LogP contribution is -2.08. The molecule has 0 bridgehead atoms.